The van der Waals surface area contributed by atoms with Crippen molar-refractivity contribution in [2.75, 3.05) is 7.11 Å². The smallest absolute Gasteiger partial charge is 0.346 e. The lowest BCUT2D eigenvalue weighted by atomic mass is 9.92. The topological polar surface area (TPSA) is 71.0 Å². The number of nitrogens with zero attached hydrogens (tertiary/aromatic N) is 2. The van der Waals surface area contributed by atoms with Crippen LogP contribution in [-0.4, -0.2) is 30.3 Å². The Kier molecular flexibility index (Phi) is 3.87. The van der Waals surface area contributed by atoms with Crippen LogP contribution in [-0.2, 0) is 10.3 Å². The number of rotatable bonds is 4. The first-order valence-corrected chi connectivity index (χ1v) is 7.81. The van der Waals surface area contributed by atoms with Crippen LogP contribution in [0.4, 0.5) is 4.79 Å². The van der Waals surface area contributed by atoms with Crippen molar-refractivity contribution in [1.29, 1.82) is 0 Å². The highest BCUT2D eigenvalue weighted by Crippen LogP contribution is 2.30. The fraction of sp³-hybridized carbons (Fsp3) is 0.188. The minimum atomic E-state index is -1.14. The summed E-state index contributed by atoms with van der Waals surface area (Å²) in [6, 6.07) is 10.2. The summed E-state index contributed by atoms with van der Waals surface area (Å²) in [5.41, 5.74) is -0.471. The monoisotopic (exact) mass is 329 g/mol. The van der Waals surface area contributed by atoms with Crippen LogP contribution < -0.4 is 10.1 Å². The zero-order chi connectivity index (χ0) is 16.4. The molecule has 0 spiro atoms. The fourth-order valence-electron chi connectivity index (χ4n) is 2.33. The highest BCUT2D eigenvalue weighted by atomic mass is 32.1. The molecule has 6 nitrogen and oxygen atoms in total. The molecule has 2 aromatic rings. The molecule has 1 aromatic heterocycles. The van der Waals surface area contributed by atoms with Crippen molar-refractivity contribution in [3.63, 3.8) is 0 Å². The summed E-state index contributed by atoms with van der Waals surface area (Å²) in [5, 5.41) is 9.48. The molecular weight excluding hydrogens is 314 g/mol. The van der Waals surface area contributed by atoms with Crippen LogP contribution in [0, 0.1) is 0 Å². The van der Waals surface area contributed by atoms with Gasteiger partial charge in [0.1, 0.15) is 11.3 Å². The van der Waals surface area contributed by atoms with Crippen LogP contribution in [0.1, 0.15) is 17.4 Å². The lowest BCUT2D eigenvalue weighted by molar-refractivity contribution is -0.131. The highest BCUT2D eigenvalue weighted by Gasteiger charge is 2.49. The van der Waals surface area contributed by atoms with Gasteiger partial charge in [0.25, 0.3) is 5.91 Å². The largest absolute Gasteiger partial charge is 0.497 e. The molecule has 0 radical (unpaired) electrons. The Labute approximate surface area is 137 Å². The number of methoxy groups -OCH3 is 1. The zero-order valence-corrected chi connectivity index (χ0v) is 13.5. The van der Waals surface area contributed by atoms with E-state index in [-0.39, 0.29) is 0 Å². The molecule has 1 aliphatic rings. The number of imide groups is 1. The van der Waals surface area contributed by atoms with Crippen LogP contribution in [0.15, 0.2) is 46.9 Å². The van der Waals surface area contributed by atoms with Gasteiger partial charge in [-0.25, -0.2) is 4.79 Å². The molecule has 23 heavy (non-hydrogen) atoms. The Balaban J connectivity index is 1.86. The molecular formula is C16H15N3O3S. The second-order valence-corrected chi connectivity index (χ2v) is 6.14. The first-order valence-electron chi connectivity index (χ1n) is 6.93. The van der Waals surface area contributed by atoms with E-state index < -0.39 is 17.5 Å². The van der Waals surface area contributed by atoms with Gasteiger partial charge in [0.05, 0.1) is 13.3 Å². The van der Waals surface area contributed by atoms with Gasteiger partial charge < -0.3 is 10.1 Å². The number of nitrogens with one attached hydrogen (secondary N) is 1. The molecule has 2 heterocycles. The van der Waals surface area contributed by atoms with Crippen molar-refractivity contribution < 1.29 is 14.3 Å². The number of hydrazone groups is 1. The number of ether oxygens (including phenoxy) is 1. The van der Waals surface area contributed by atoms with Gasteiger partial charge in [-0.3, -0.25) is 4.79 Å². The van der Waals surface area contributed by atoms with Gasteiger partial charge >= 0.3 is 6.03 Å². The van der Waals surface area contributed by atoms with E-state index in [1.807, 2.05) is 17.5 Å². The van der Waals surface area contributed by atoms with Gasteiger partial charge in [-0.05, 0) is 36.1 Å². The fourth-order valence-corrected chi connectivity index (χ4v) is 2.91. The molecule has 118 valence electrons. The molecule has 3 amide bonds. The van der Waals surface area contributed by atoms with Crippen LogP contribution in [0.3, 0.4) is 0 Å². The molecule has 1 aliphatic heterocycles. The second kappa shape index (κ2) is 5.85. The number of hydrogen-bond donors (Lipinski definition) is 1. The Morgan fingerprint density at radius 2 is 2.00 bits per heavy atom. The van der Waals surface area contributed by atoms with Gasteiger partial charge in [0.2, 0.25) is 0 Å². The molecule has 1 aromatic carbocycles. The average Bonchev–Trinajstić information content (AvgIpc) is 3.14. The molecule has 7 heteroatoms. The van der Waals surface area contributed by atoms with Crippen molar-refractivity contribution >= 4 is 29.5 Å². The maximum atomic E-state index is 12.7. The molecule has 1 atom stereocenters. The predicted molar refractivity (Wildman–Crippen MR) is 87.6 cm³/mol. The lowest BCUT2D eigenvalue weighted by Gasteiger charge is -2.21. The van der Waals surface area contributed by atoms with Crippen molar-refractivity contribution in [2.45, 2.75) is 12.5 Å². The number of carbonyl (C=O) groups is 2. The van der Waals surface area contributed by atoms with Gasteiger partial charge in [-0.1, -0.05) is 18.2 Å². The number of thiophene rings is 1. The van der Waals surface area contributed by atoms with E-state index in [4.69, 9.17) is 4.74 Å². The highest BCUT2D eigenvalue weighted by molar-refractivity contribution is 7.11. The van der Waals surface area contributed by atoms with Gasteiger partial charge in [0, 0.05) is 4.88 Å². The van der Waals surface area contributed by atoms with E-state index in [1.165, 1.54) is 17.6 Å². The normalized spacial score (nSPS) is 21.0. The van der Waals surface area contributed by atoms with E-state index in [9.17, 15) is 9.59 Å². The Bertz CT molecular complexity index is 755. The summed E-state index contributed by atoms with van der Waals surface area (Å²) in [4.78, 5) is 25.6. The Morgan fingerprint density at radius 3 is 2.61 bits per heavy atom. The van der Waals surface area contributed by atoms with Crippen molar-refractivity contribution in [1.82, 2.24) is 10.3 Å². The summed E-state index contributed by atoms with van der Waals surface area (Å²) < 4.78 is 5.11. The van der Waals surface area contributed by atoms with Crippen LogP contribution >= 0.6 is 11.3 Å². The van der Waals surface area contributed by atoms with Crippen molar-refractivity contribution in [2.24, 2.45) is 5.10 Å². The van der Waals surface area contributed by atoms with E-state index in [1.54, 1.807) is 38.3 Å². The number of amides is 3. The maximum Gasteiger partial charge on any atom is 0.346 e. The third-order valence-electron chi connectivity index (χ3n) is 3.68. The molecule has 0 saturated carbocycles. The van der Waals surface area contributed by atoms with E-state index >= 15 is 0 Å². The first-order chi connectivity index (χ1) is 11.0. The SMILES string of the molecule is COc1ccc([C@]2(C)NC(=O)N(/N=C\c3cccs3)C2=O)cc1. The van der Waals surface area contributed by atoms with E-state index in [0.29, 0.717) is 11.3 Å². The number of benzene rings is 1. The molecule has 0 aliphatic carbocycles. The zero-order valence-electron chi connectivity index (χ0n) is 12.6. The summed E-state index contributed by atoms with van der Waals surface area (Å²) in [6.07, 6.45) is 1.50. The molecule has 0 bridgehead atoms. The summed E-state index contributed by atoms with van der Waals surface area (Å²) in [6.45, 7) is 1.66. The maximum absolute atomic E-state index is 12.7. The summed E-state index contributed by atoms with van der Waals surface area (Å²) in [5.74, 6) is 0.266. The van der Waals surface area contributed by atoms with E-state index in [2.05, 4.69) is 10.4 Å². The van der Waals surface area contributed by atoms with Gasteiger partial charge in [0.15, 0.2) is 0 Å². The molecule has 1 saturated heterocycles. The summed E-state index contributed by atoms with van der Waals surface area (Å²) >= 11 is 1.48. The quantitative estimate of drug-likeness (QED) is 0.692. The number of hydrogen-bond acceptors (Lipinski definition) is 5. The molecule has 1 N–H and O–H groups in total. The minimum absolute atomic E-state index is 0.416. The van der Waals surface area contributed by atoms with Gasteiger partial charge in [-0.2, -0.15) is 5.10 Å². The van der Waals surface area contributed by atoms with Crippen LogP contribution in [0.5, 0.6) is 5.75 Å². The van der Waals surface area contributed by atoms with Gasteiger partial charge in [-0.15, -0.1) is 16.3 Å². The molecule has 3 rings (SSSR count). The van der Waals surface area contributed by atoms with Crippen LogP contribution in [0.25, 0.3) is 0 Å². The second-order valence-electron chi connectivity index (χ2n) is 5.16. The average molecular weight is 329 g/mol. The van der Waals surface area contributed by atoms with Crippen molar-refractivity contribution in [3.05, 3.63) is 52.2 Å². The minimum Gasteiger partial charge on any atom is -0.497 e. The third-order valence-corrected chi connectivity index (χ3v) is 4.49. The Morgan fingerprint density at radius 1 is 1.26 bits per heavy atom. The van der Waals surface area contributed by atoms with E-state index in [0.717, 1.165) is 9.89 Å². The van der Waals surface area contributed by atoms with Crippen LogP contribution in [0.2, 0.25) is 0 Å². The molecule has 0 unspecified atom stereocenters. The molecule has 1 fully saturated rings. The van der Waals surface area contributed by atoms with Crippen molar-refractivity contribution in [3.8, 4) is 5.75 Å². The lowest BCUT2D eigenvalue weighted by Crippen LogP contribution is -2.40. The standard InChI is InChI=1S/C16H15N3O3S/c1-16(11-5-7-12(22-2)8-6-11)14(20)19(15(21)18-16)17-10-13-4-3-9-23-13/h3-10H,1-2H3,(H,18,21)/b17-10-/t16-/m0/s1. The predicted octanol–water partition coefficient (Wildman–Crippen LogP) is 2.56. The summed E-state index contributed by atoms with van der Waals surface area (Å²) in [7, 11) is 1.57. The number of carbonyl (C=O) groups excluding carboxylic acids is 2. The Hall–Kier alpha value is -2.67. The third kappa shape index (κ3) is 2.70. The number of urea groups is 1. The first kappa shape index (κ1) is 15.2.